The van der Waals surface area contributed by atoms with E-state index in [4.69, 9.17) is 0 Å². The first-order valence-corrected chi connectivity index (χ1v) is 14.1. The van der Waals surface area contributed by atoms with E-state index in [1.807, 2.05) is 109 Å². The number of benzene rings is 4. The van der Waals surface area contributed by atoms with Gasteiger partial charge in [-0.2, -0.15) is 0 Å². The standard InChI is InChI=1S/C36H34O3/c37-31-23-13-14-24-35(31)30(26-15-5-1-6-16-26)25-36(39,29-21-11-4-12-22-29)33(32(35)27-17-7-2-8-18-27)34(38)28-19-9-3-10-20-28/h1-12,15-22,30,32-33,39H,13-14,23-25H2. The Morgan fingerprint density at radius 3 is 1.82 bits per heavy atom. The van der Waals surface area contributed by atoms with Gasteiger partial charge in [0.15, 0.2) is 5.78 Å². The van der Waals surface area contributed by atoms with Crippen molar-refractivity contribution in [1.82, 2.24) is 0 Å². The summed E-state index contributed by atoms with van der Waals surface area (Å²) in [6, 6.07) is 39.1. The average Bonchev–Trinajstić information content (AvgIpc) is 3.00. The van der Waals surface area contributed by atoms with Crippen LogP contribution in [0, 0.1) is 11.3 Å². The molecule has 3 nitrogen and oxygen atoms in total. The van der Waals surface area contributed by atoms with Crippen LogP contribution in [0.3, 0.4) is 0 Å². The zero-order valence-electron chi connectivity index (χ0n) is 22.1. The molecule has 0 heterocycles. The summed E-state index contributed by atoms with van der Waals surface area (Å²) in [5.74, 6) is -1.44. The average molecular weight is 515 g/mol. The lowest BCUT2D eigenvalue weighted by Crippen LogP contribution is -2.59. The van der Waals surface area contributed by atoms with Gasteiger partial charge in [0, 0.05) is 29.2 Å². The van der Waals surface area contributed by atoms with Gasteiger partial charge in [0.05, 0.1) is 5.92 Å². The minimum atomic E-state index is -1.47. The second-order valence-electron chi connectivity index (χ2n) is 11.2. The lowest BCUT2D eigenvalue weighted by atomic mass is 9.44. The second kappa shape index (κ2) is 10.4. The van der Waals surface area contributed by atoms with E-state index in [2.05, 4.69) is 12.1 Å². The first-order chi connectivity index (χ1) is 19.1. The molecule has 0 bridgehead atoms. The van der Waals surface area contributed by atoms with Crippen LogP contribution in [0.15, 0.2) is 121 Å². The third-order valence-corrected chi connectivity index (χ3v) is 9.28. The quantitative estimate of drug-likeness (QED) is 0.281. The zero-order valence-corrected chi connectivity index (χ0v) is 22.1. The van der Waals surface area contributed by atoms with Gasteiger partial charge in [0.2, 0.25) is 0 Å². The number of carbonyl (C=O) groups excluding carboxylic acids is 2. The van der Waals surface area contributed by atoms with E-state index < -0.39 is 22.9 Å². The molecule has 0 saturated heterocycles. The van der Waals surface area contributed by atoms with E-state index in [0.717, 1.165) is 29.5 Å². The molecule has 5 atom stereocenters. The number of aliphatic hydroxyl groups is 1. The maximum Gasteiger partial charge on any atom is 0.169 e. The van der Waals surface area contributed by atoms with Crippen LogP contribution in [-0.2, 0) is 10.4 Å². The van der Waals surface area contributed by atoms with E-state index in [0.29, 0.717) is 24.8 Å². The third kappa shape index (κ3) is 4.26. The van der Waals surface area contributed by atoms with Crippen molar-refractivity contribution >= 4 is 11.6 Å². The van der Waals surface area contributed by atoms with E-state index >= 15 is 0 Å². The van der Waals surface area contributed by atoms with Crippen molar-refractivity contribution < 1.29 is 14.7 Å². The maximum atomic E-state index is 14.7. The monoisotopic (exact) mass is 514 g/mol. The molecule has 2 aliphatic rings. The Hall–Kier alpha value is -3.82. The molecule has 2 fully saturated rings. The lowest BCUT2D eigenvalue weighted by Gasteiger charge is -2.59. The fourth-order valence-electron chi connectivity index (χ4n) is 7.61. The molecule has 196 valence electrons. The van der Waals surface area contributed by atoms with Crippen LogP contribution >= 0.6 is 0 Å². The van der Waals surface area contributed by atoms with Crippen molar-refractivity contribution in [3.05, 3.63) is 144 Å². The number of Topliss-reactive ketones (excluding diaryl/α,β-unsaturated/α-hetero) is 2. The molecule has 4 aromatic rings. The summed E-state index contributed by atoms with van der Waals surface area (Å²) in [5, 5.41) is 13.0. The number of hydrogen-bond acceptors (Lipinski definition) is 3. The Morgan fingerprint density at radius 2 is 1.23 bits per heavy atom. The van der Waals surface area contributed by atoms with Crippen LogP contribution < -0.4 is 0 Å². The smallest absolute Gasteiger partial charge is 0.169 e. The van der Waals surface area contributed by atoms with Crippen LogP contribution in [0.1, 0.15) is 71.0 Å². The van der Waals surface area contributed by atoms with Gasteiger partial charge in [-0.05, 0) is 36.0 Å². The van der Waals surface area contributed by atoms with Crippen molar-refractivity contribution in [2.75, 3.05) is 0 Å². The molecular formula is C36H34O3. The Kier molecular flexibility index (Phi) is 6.78. The molecule has 0 aromatic heterocycles. The van der Waals surface area contributed by atoms with Gasteiger partial charge in [-0.25, -0.2) is 0 Å². The number of rotatable bonds is 5. The summed E-state index contributed by atoms with van der Waals surface area (Å²) >= 11 is 0. The molecule has 0 aliphatic heterocycles. The Labute approximate surface area is 230 Å². The highest BCUT2D eigenvalue weighted by molar-refractivity contribution is 6.01. The number of carbonyl (C=O) groups is 2. The predicted octanol–water partition coefficient (Wildman–Crippen LogP) is 7.47. The van der Waals surface area contributed by atoms with Gasteiger partial charge < -0.3 is 5.11 Å². The van der Waals surface area contributed by atoms with Crippen molar-refractivity contribution in [1.29, 1.82) is 0 Å². The largest absolute Gasteiger partial charge is 0.384 e. The van der Waals surface area contributed by atoms with Crippen molar-refractivity contribution in [2.24, 2.45) is 11.3 Å². The second-order valence-corrected chi connectivity index (χ2v) is 11.2. The maximum absolute atomic E-state index is 14.7. The van der Waals surface area contributed by atoms with Gasteiger partial charge >= 0.3 is 0 Å². The van der Waals surface area contributed by atoms with E-state index in [1.54, 1.807) is 0 Å². The first kappa shape index (κ1) is 25.5. The Bertz CT molecular complexity index is 1430. The van der Waals surface area contributed by atoms with Gasteiger partial charge in [-0.3, -0.25) is 9.59 Å². The molecule has 2 aliphatic carbocycles. The molecule has 0 radical (unpaired) electrons. The molecule has 39 heavy (non-hydrogen) atoms. The van der Waals surface area contributed by atoms with Crippen LogP contribution in [-0.4, -0.2) is 16.7 Å². The lowest BCUT2D eigenvalue weighted by molar-refractivity contribution is -0.151. The molecular weight excluding hydrogens is 480 g/mol. The summed E-state index contributed by atoms with van der Waals surface area (Å²) in [6.07, 6.45) is 3.30. The van der Waals surface area contributed by atoms with E-state index in [9.17, 15) is 14.7 Å². The van der Waals surface area contributed by atoms with Crippen molar-refractivity contribution in [3.8, 4) is 0 Å². The molecule has 4 aromatic carbocycles. The summed E-state index contributed by atoms with van der Waals surface area (Å²) in [4.78, 5) is 29.1. The van der Waals surface area contributed by atoms with Crippen LogP contribution in [0.5, 0.6) is 0 Å². The summed E-state index contributed by atoms with van der Waals surface area (Å²) in [6.45, 7) is 0. The third-order valence-electron chi connectivity index (χ3n) is 9.28. The van der Waals surface area contributed by atoms with Crippen LogP contribution in [0.25, 0.3) is 0 Å². The van der Waals surface area contributed by atoms with Crippen LogP contribution in [0.4, 0.5) is 0 Å². The molecule has 5 unspecified atom stereocenters. The fourth-order valence-corrected chi connectivity index (χ4v) is 7.61. The number of hydrogen-bond donors (Lipinski definition) is 1. The Morgan fingerprint density at radius 1 is 0.692 bits per heavy atom. The molecule has 0 amide bonds. The van der Waals surface area contributed by atoms with Crippen LogP contribution in [0.2, 0.25) is 0 Å². The minimum Gasteiger partial charge on any atom is -0.384 e. The van der Waals surface area contributed by atoms with Gasteiger partial charge in [0.25, 0.3) is 0 Å². The van der Waals surface area contributed by atoms with Gasteiger partial charge in [-0.1, -0.05) is 128 Å². The normalized spacial score (nSPS) is 28.7. The SMILES string of the molecule is O=C(c1ccccc1)C1C(c2ccccc2)C2(CCCCC2=O)C(c2ccccc2)CC1(O)c1ccccc1. The van der Waals surface area contributed by atoms with E-state index in [1.165, 1.54) is 0 Å². The van der Waals surface area contributed by atoms with Gasteiger partial charge in [-0.15, -0.1) is 0 Å². The van der Waals surface area contributed by atoms with E-state index in [-0.39, 0.29) is 17.5 Å². The molecule has 2 saturated carbocycles. The molecule has 1 N–H and O–H groups in total. The summed E-state index contributed by atoms with van der Waals surface area (Å²) in [5.41, 5.74) is 1.01. The zero-order chi connectivity index (χ0) is 26.9. The highest BCUT2D eigenvalue weighted by atomic mass is 16.3. The van der Waals surface area contributed by atoms with Gasteiger partial charge in [0.1, 0.15) is 11.4 Å². The first-order valence-electron chi connectivity index (χ1n) is 14.1. The Balaban J connectivity index is 1.67. The summed E-state index contributed by atoms with van der Waals surface area (Å²) < 4.78 is 0. The molecule has 1 spiro atoms. The number of ketones is 2. The molecule has 6 rings (SSSR count). The van der Waals surface area contributed by atoms with Crippen molar-refractivity contribution in [3.63, 3.8) is 0 Å². The minimum absolute atomic E-state index is 0.111. The summed E-state index contributed by atoms with van der Waals surface area (Å²) in [7, 11) is 0. The highest BCUT2D eigenvalue weighted by Gasteiger charge is 2.65. The fraction of sp³-hybridized carbons (Fsp3) is 0.278. The topological polar surface area (TPSA) is 54.4 Å². The molecule has 3 heteroatoms. The highest BCUT2D eigenvalue weighted by Crippen LogP contribution is 2.66. The predicted molar refractivity (Wildman–Crippen MR) is 153 cm³/mol. The van der Waals surface area contributed by atoms with Crippen molar-refractivity contribution in [2.45, 2.75) is 49.5 Å².